The lowest BCUT2D eigenvalue weighted by atomic mass is 9.95. The Bertz CT molecular complexity index is 1820. The van der Waals surface area contributed by atoms with Crippen molar-refractivity contribution in [3.8, 4) is 17.2 Å². The Hall–Kier alpha value is -4.35. The normalized spacial score (nSPS) is 20.7. The van der Waals surface area contributed by atoms with E-state index in [0.717, 1.165) is 42.3 Å². The van der Waals surface area contributed by atoms with Crippen LogP contribution in [-0.4, -0.2) is 110 Å². The molecule has 7 rings (SSSR count). The van der Waals surface area contributed by atoms with Gasteiger partial charge in [-0.3, -0.25) is 14.4 Å². The van der Waals surface area contributed by atoms with Gasteiger partial charge in [-0.05, 0) is 61.4 Å². The third-order valence-electron chi connectivity index (χ3n) is 10.5. The molecule has 2 atom stereocenters. The smallest absolute Gasteiger partial charge is 0.415 e. The van der Waals surface area contributed by atoms with E-state index in [4.69, 9.17) is 25.8 Å². The number of Topliss-reactive ketones (excluding diaryl/α,β-unsaturated/α-hetero) is 1. The fourth-order valence-electron chi connectivity index (χ4n) is 7.74. The van der Waals surface area contributed by atoms with Crippen LogP contribution in [0, 0.1) is 0 Å². The minimum absolute atomic E-state index is 0.0460. The van der Waals surface area contributed by atoms with Crippen LogP contribution < -0.4 is 19.1 Å². The predicted molar refractivity (Wildman–Crippen MR) is 190 cm³/mol. The van der Waals surface area contributed by atoms with E-state index < -0.39 is 6.09 Å². The second-order valence-electron chi connectivity index (χ2n) is 13.6. The van der Waals surface area contributed by atoms with Crippen molar-refractivity contribution >= 4 is 51.8 Å². The molecule has 0 saturated carbocycles. The Labute approximate surface area is 297 Å². The third kappa shape index (κ3) is 6.49. The molecule has 0 aliphatic carbocycles. The van der Waals surface area contributed by atoms with Crippen molar-refractivity contribution in [1.82, 2.24) is 14.7 Å². The van der Waals surface area contributed by atoms with Gasteiger partial charge in [-0.25, -0.2) is 4.79 Å². The van der Waals surface area contributed by atoms with Crippen molar-refractivity contribution < 1.29 is 33.4 Å². The molecule has 0 N–H and O–H groups in total. The van der Waals surface area contributed by atoms with E-state index in [1.54, 1.807) is 26.8 Å². The molecule has 3 amide bonds. The summed E-state index contributed by atoms with van der Waals surface area (Å²) < 4.78 is 17.7. The van der Waals surface area contributed by atoms with Gasteiger partial charge in [0.25, 0.3) is 5.91 Å². The maximum Gasteiger partial charge on any atom is 0.415 e. The number of ketones is 1. The first-order chi connectivity index (χ1) is 24.3. The number of carbonyl (C=O) groups is 4. The number of benzene rings is 3. The second-order valence-corrected chi connectivity index (χ2v) is 13.9. The molecular formula is C38H43ClN4O7. The number of hydrogen-bond donors (Lipinski definition) is 0. The molecule has 3 aromatic rings. The fraction of sp³-hybridized carbons (Fsp3) is 0.474. The van der Waals surface area contributed by atoms with E-state index in [2.05, 4.69) is 4.90 Å². The quantitative estimate of drug-likeness (QED) is 0.232. The van der Waals surface area contributed by atoms with Gasteiger partial charge in [-0.1, -0.05) is 24.3 Å². The predicted octanol–water partition coefficient (Wildman–Crippen LogP) is 5.24. The van der Waals surface area contributed by atoms with Crippen molar-refractivity contribution in [3.05, 3.63) is 59.2 Å². The molecule has 12 heteroatoms. The van der Waals surface area contributed by atoms with Crippen LogP contribution in [0.25, 0.3) is 10.8 Å². The molecule has 0 unspecified atom stereocenters. The van der Waals surface area contributed by atoms with Crippen molar-refractivity contribution in [2.24, 2.45) is 0 Å². The zero-order chi connectivity index (χ0) is 34.9. The Kier molecular flexibility index (Phi) is 9.88. The average Bonchev–Trinajstić information content (AvgIpc) is 3.47. The molecule has 4 aliphatic heterocycles. The molecular weight excluding hydrogens is 660 g/mol. The molecule has 50 heavy (non-hydrogen) atoms. The van der Waals surface area contributed by atoms with Crippen LogP contribution in [0.15, 0.2) is 42.5 Å². The Balaban J connectivity index is 1.06. The molecule has 0 spiro atoms. The molecule has 3 aromatic carbocycles. The van der Waals surface area contributed by atoms with E-state index in [1.165, 1.54) is 7.11 Å². The molecule has 0 radical (unpaired) electrons. The molecule has 0 bridgehead atoms. The van der Waals surface area contributed by atoms with Crippen molar-refractivity contribution in [2.45, 2.75) is 50.5 Å². The number of ether oxygens (including phenoxy) is 3. The van der Waals surface area contributed by atoms with Crippen LogP contribution in [0.2, 0.25) is 0 Å². The molecule has 264 valence electrons. The highest BCUT2D eigenvalue weighted by Crippen LogP contribution is 2.46. The second kappa shape index (κ2) is 14.5. The topological polar surface area (TPSA) is 109 Å². The monoisotopic (exact) mass is 702 g/mol. The number of rotatable bonds is 8. The van der Waals surface area contributed by atoms with Gasteiger partial charge in [-0.15, -0.1) is 11.6 Å². The molecule has 4 aliphatic rings. The Morgan fingerprint density at radius 3 is 2.48 bits per heavy atom. The lowest BCUT2D eigenvalue weighted by Gasteiger charge is -2.33. The van der Waals surface area contributed by atoms with Crippen LogP contribution in [-0.2, 0) is 16.0 Å². The van der Waals surface area contributed by atoms with Gasteiger partial charge in [0.05, 0.1) is 25.4 Å². The third-order valence-corrected chi connectivity index (χ3v) is 10.9. The van der Waals surface area contributed by atoms with E-state index in [-0.39, 0.29) is 49.0 Å². The summed E-state index contributed by atoms with van der Waals surface area (Å²) in [6, 6.07) is 12.6. The number of likely N-dealkylation sites (N-methyl/N-ethyl adjacent to an activating group) is 1. The van der Waals surface area contributed by atoms with E-state index >= 15 is 0 Å². The highest BCUT2D eigenvalue weighted by atomic mass is 35.5. The zero-order valence-corrected chi connectivity index (χ0v) is 29.4. The highest BCUT2D eigenvalue weighted by Gasteiger charge is 2.38. The summed E-state index contributed by atoms with van der Waals surface area (Å²) in [5.74, 6) is 1.35. The van der Waals surface area contributed by atoms with E-state index in [9.17, 15) is 19.2 Å². The number of hydrogen-bond acceptors (Lipinski definition) is 8. The molecule has 11 nitrogen and oxygen atoms in total. The lowest BCUT2D eigenvalue weighted by molar-refractivity contribution is -0.123. The summed E-state index contributed by atoms with van der Waals surface area (Å²) in [6.07, 6.45) is 2.91. The maximum atomic E-state index is 13.8. The fourth-order valence-corrected chi connectivity index (χ4v) is 7.99. The number of methoxy groups -OCH3 is 1. The summed E-state index contributed by atoms with van der Waals surface area (Å²) in [6.45, 7) is 3.97. The first-order valence-electron chi connectivity index (χ1n) is 17.5. The summed E-state index contributed by atoms with van der Waals surface area (Å²) >= 11 is 6.47. The minimum atomic E-state index is -0.400. The largest absolute Gasteiger partial charge is 0.493 e. The standard InChI is InChI=1S/C38H43ClN4O7/c1-40-13-15-41(16-14-40)38(47)50-32-21-30-36(27-9-4-3-8-26(27)32)25(22-39)23-43(30)35(45)11-7-17-49-34-19-24-18-31(44)29-10-5-6-12-42(29)37(46)28(24)20-33(34)48-2/h3-4,8-9,19-21,25,29H,5-7,10-18,22-23H2,1-2H3/t25-,29+/m1/s1. The maximum absolute atomic E-state index is 13.8. The number of piperidine rings is 1. The Morgan fingerprint density at radius 2 is 1.72 bits per heavy atom. The van der Waals surface area contributed by atoms with Gasteiger partial charge < -0.3 is 33.8 Å². The number of fused-ring (bicyclic) bond motifs is 5. The first-order valence-corrected chi connectivity index (χ1v) is 18.1. The molecule has 2 saturated heterocycles. The van der Waals surface area contributed by atoms with E-state index in [0.29, 0.717) is 79.0 Å². The van der Waals surface area contributed by atoms with Crippen molar-refractivity contribution in [2.75, 3.05) is 70.8 Å². The van der Waals surface area contributed by atoms with Crippen LogP contribution >= 0.6 is 11.6 Å². The number of nitrogens with zero attached hydrogens (tertiary/aromatic N) is 4. The van der Waals surface area contributed by atoms with Crippen LogP contribution in [0.1, 0.15) is 59.5 Å². The number of alkyl halides is 1. The zero-order valence-electron chi connectivity index (χ0n) is 28.6. The van der Waals surface area contributed by atoms with Crippen molar-refractivity contribution in [3.63, 3.8) is 0 Å². The Morgan fingerprint density at radius 1 is 0.940 bits per heavy atom. The number of carbonyl (C=O) groups excluding carboxylic acids is 4. The van der Waals surface area contributed by atoms with E-state index in [1.807, 2.05) is 37.4 Å². The van der Waals surface area contributed by atoms with Crippen LogP contribution in [0.5, 0.6) is 17.2 Å². The summed E-state index contributed by atoms with van der Waals surface area (Å²) in [7, 11) is 3.55. The number of anilines is 1. The van der Waals surface area contributed by atoms with Gasteiger partial charge >= 0.3 is 6.09 Å². The number of halogens is 1. The molecule has 4 heterocycles. The van der Waals surface area contributed by atoms with Gasteiger partial charge in [0.1, 0.15) is 5.75 Å². The highest BCUT2D eigenvalue weighted by molar-refractivity contribution is 6.19. The number of piperazine rings is 1. The van der Waals surface area contributed by atoms with Gasteiger partial charge in [0, 0.05) is 80.9 Å². The van der Waals surface area contributed by atoms with Crippen LogP contribution in [0.3, 0.4) is 0 Å². The minimum Gasteiger partial charge on any atom is -0.493 e. The number of amides is 3. The average molecular weight is 703 g/mol. The van der Waals surface area contributed by atoms with Gasteiger partial charge in [-0.2, -0.15) is 0 Å². The lowest BCUT2D eigenvalue weighted by Crippen LogP contribution is -2.48. The summed E-state index contributed by atoms with van der Waals surface area (Å²) in [4.78, 5) is 60.8. The summed E-state index contributed by atoms with van der Waals surface area (Å²) in [5, 5.41) is 1.72. The van der Waals surface area contributed by atoms with Crippen molar-refractivity contribution in [1.29, 1.82) is 0 Å². The van der Waals surface area contributed by atoms with Crippen LogP contribution in [0.4, 0.5) is 10.5 Å². The molecule has 0 aromatic heterocycles. The summed E-state index contributed by atoms with van der Waals surface area (Å²) in [5.41, 5.74) is 2.80. The first kappa shape index (κ1) is 34.1. The van der Waals surface area contributed by atoms with Gasteiger partial charge in [0.15, 0.2) is 17.3 Å². The molecule has 2 fully saturated rings. The SMILES string of the molecule is COc1cc2c(cc1OCCCC(=O)N1C[C@@H](CCl)c3c1cc(OC(=O)N1CCN(C)CC1)c1ccccc31)CC(=O)[C@@H]1CCCCN1C2=O. The van der Waals surface area contributed by atoms with Gasteiger partial charge in [0.2, 0.25) is 5.91 Å².